The van der Waals surface area contributed by atoms with Gasteiger partial charge in [0.1, 0.15) is 5.56 Å². The minimum Gasteiger partial charge on any atom is -0.478 e. The Balaban J connectivity index is 2.04. The van der Waals surface area contributed by atoms with Gasteiger partial charge in [0.05, 0.1) is 5.69 Å². The third kappa shape index (κ3) is 2.87. The van der Waals surface area contributed by atoms with Crippen LogP contribution in [0.15, 0.2) is 0 Å². The summed E-state index contributed by atoms with van der Waals surface area (Å²) in [6.45, 7) is 4.93. The number of aromatic nitrogens is 2. The van der Waals surface area contributed by atoms with E-state index >= 15 is 0 Å². The fourth-order valence-corrected chi connectivity index (χ4v) is 2.96. The van der Waals surface area contributed by atoms with Gasteiger partial charge in [-0.25, -0.2) is 4.79 Å². The van der Waals surface area contributed by atoms with Gasteiger partial charge in [0.25, 0.3) is 0 Å². The number of carboxylic acid groups (broad SMARTS) is 1. The lowest BCUT2D eigenvalue weighted by atomic mass is 10.0. The van der Waals surface area contributed by atoms with Crippen LogP contribution in [-0.4, -0.2) is 33.9 Å². The number of carboxylic acids is 1. The zero-order valence-corrected chi connectivity index (χ0v) is 12.8. The lowest BCUT2D eigenvalue weighted by molar-refractivity contribution is 0.0695. The predicted molar refractivity (Wildman–Crippen MR) is 80.8 cm³/mol. The predicted octanol–water partition coefficient (Wildman–Crippen LogP) is 2.68. The van der Waals surface area contributed by atoms with E-state index in [-0.39, 0.29) is 0 Å². The highest BCUT2D eigenvalue weighted by molar-refractivity contribution is 5.95. The van der Waals surface area contributed by atoms with E-state index < -0.39 is 5.97 Å². The van der Waals surface area contributed by atoms with Crippen LogP contribution in [-0.2, 0) is 12.8 Å². The van der Waals surface area contributed by atoms with Crippen LogP contribution in [0, 0.1) is 5.92 Å². The Morgan fingerprint density at radius 1 is 1.19 bits per heavy atom. The molecule has 1 heterocycles. The molecule has 0 radical (unpaired) electrons. The van der Waals surface area contributed by atoms with Gasteiger partial charge in [-0.2, -0.15) is 5.10 Å². The van der Waals surface area contributed by atoms with Crippen molar-refractivity contribution < 1.29 is 9.90 Å². The molecule has 5 heteroatoms. The van der Waals surface area contributed by atoms with Crippen LogP contribution < -0.4 is 4.90 Å². The molecule has 114 valence electrons. The molecular weight excluding hydrogens is 266 g/mol. The highest BCUT2D eigenvalue weighted by Crippen LogP contribution is 2.38. The van der Waals surface area contributed by atoms with Gasteiger partial charge in [-0.1, -0.05) is 13.8 Å². The fraction of sp³-hybridized carbons (Fsp3) is 0.688. The molecular formula is C16H23N3O2. The zero-order valence-electron chi connectivity index (χ0n) is 12.8. The zero-order chi connectivity index (χ0) is 15.0. The molecule has 0 saturated heterocycles. The summed E-state index contributed by atoms with van der Waals surface area (Å²) < 4.78 is 0. The standard InChI is InChI=1S/C16H23N3O2/c1-3-12-13(4-2)17-18-15(14(12)16(20)21)19(11-7-8-11)9-10-5-6-10/h10-11H,3-9H2,1-2H3,(H,20,21). The van der Waals surface area contributed by atoms with E-state index in [0.717, 1.165) is 37.1 Å². The second-order valence-electron chi connectivity index (χ2n) is 6.16. The van der Waals surface area contributed by atoms with Gasteiger partial charge >= 0.3 is 5.97 Å². The number of aryl methyl sites for hydroxylation is 1. The summed E-state index contributed by atoms with van der Waals surface area (Å²) in [5.74, 6) is 0.448. The molecule has 2 aliphatic rings. The number of rotatable bonds is 7. The average molecular weight is 289 g/mol. The third-order valence-electron chi connectivity index (χ3n) is 4.45. The number of hydrogen-bond acceptors (Lipinski definition) is 4. The molecule has 0 unspecified atom stereocenters. The molecule has 0 spiro atoms. The van der Waals surface area contributed by atoms with Crippen molar-refractivity contribution in [2.75, 3.05) is 11.4 Å². The number of aromatic carboxylic acids is 1. The van der Waals surface area contributed by atoms with Crippen molar-refractivity contribution in [3.05, 3.63) is 16.8 Å². The molecule has 2 fully saturated rings. The average Bonchev–Trinajstić information content (AvgIpc) is 3.36. The lowest BCUT2D eigenvalue weighted by Gasteiger charge is -2.26. The van der Waals surface area contributed by atoms with Gasteiger partial charge in [-0.3, -0.25) is 0 Å². The maximum atomic E-state index is 11.8. The summed E-state index contributed by atoms with van der Waals surface area (Å²) >= 11 is 0. The van der Waals surface area contributed by atoms with Crippen molar-refractivity contribution in [1.82, 2.24) is 10.2 Å². The van der Waals surface area contributed by atoms with Crippen LogP contribution in [0.2, 0.25) is 0 Å². The maximum absolute atomic E-state index is 11.8. The van der Waals surface area contributed by atoms with Crippen molar-refractivity contribution in [1.29, 1.82) is 0 Å². The third-order valence-corrected chi connectivity index (χ3v) is 4.45. The number of nitrogens with zero attached hydrogens (tertiary/aromatic N) is 3. The summed E-state index contributed by atoms with van der Waals surface area (Å²) in [5, 5.41) is 18.3. The van der Waals surface area contributed by atoms with Crippen LogP contribution in [0.4, 0.5) is 5.82 Å². The number of anilines is 1. The van der Waals surface area contributed by atoms with E-state index in [1.165, 1.54) is 12.8 Å². The summed E-state index contributed by atoms with van der Waals surface area (Å²) in [6.07, 6.45) is 6.21. The van der Waals surface area contributed by atoms with Gasteiger partial charge in [0, 0.05) is 12.6 Å². The molecule has 0 atom stereocenters. The molecule has 0 aliphatic heterocycles. The van der Waals surface area contributed by atoms with E-state index in [9.17, 15) is 9.90 Å². The molecule has 0 aromatic carbocycles. The van der Waals surface area contributed by atoms with Gasteiger partial charge in [0.15, 0.2) is 5.82 Å². The Bertz CT molecular complexity index is 551. The highest BCUT2D eigenvalue weighted by atomic mass is 16.4. The first kappa shape index (κ1) is 14.3. The first-order valence-corrected chi connectivity index (χ1v) is 8.04. The Hall–Kier alpha value is -1.65. The molecule has 2 saturated carbocycles. The quantitative estimate of drug-likeness (QED) is 0.836. The Morgan fingerprint density at radius 3 is 2.38 bits per heavy atom. The van der Waals surface area contributed by atoms with Gasteiger partial charge in [-0.05, 0) is 50.0 Å². The van der Waals surface area contributed by atoms with Gasteiger partial charge in [0.2, 0.25) is 0 Å². The van der Waals surface area contributed by atoms with Crippen LogP contribution in [0.3, 0.4) is 0 Å². The van der Waals surface area contributed by atoms with E-state index in [0.29, 0.717) is 29.8 Å². The summed E-state index contributed by atoms with van der Waals surface area (Å²) in [4.78, 5) is 14.0. The Morgan fingerprint density at radius 2 is 1.90 bits per heavy atom. The topological polar surface area (TPSA) is 66.3 Å². The maximum Gasteiger partial charge on any atom is 0.339 e. The van der Waals surface area contributed by atoms with E-state index in [1.54, 1.807) is 0 Å². The molecule has 1 aromatic heterocycles. The molecule has 0 amide bonds. The summed E-state index contributed by atoms with van der Waals surface area (Å²) in [7, 11) is 0. The first-order valence-electron chi connectivity index (χ1n) is 8.04. The van der Waals surface area contributed by atoms with Crippen molar-refractivity contribution in [3.8, 4) is 0 Å². The van der Waals surface area contributed by atoms with Gasteiger partial charge in [-0.15, -0.1) is 5.10 Å². The fourth-order valence-electron chi connectivity index (χ4n) is 2.96. The minimum atomic E-state index is -0.868. The molecule has 1 aromatic rings. The monoisotopic (exact) mass is 289 g/mol. The van der Waals surface area contributed by atoms with E-state index in [4.69, 9.17) is 0 Å². The molecule has 0 bridgehead atoms. The second-order valence-corrected chi connectivity index (χ2v) is 6.16. The molecule has 21 heavy (non-hydrogen) atoms. The summed E-state index contributed by atoms with van der Waals surface area (Å²) in [6, 6.07) is 0.468. The lowest BCUT2D eigenvalue weighted by Crippen LogP contribution is -2.32. The van der Waals surface area contributed by atoms with Crippen molar-refractivity contribution >= 4 is 11.8 Å². The molecule has 3 rings (SSSR count). The van der Waals surface area contributed by atoms with Crippen molar-refractivity contribution in [2.45, 2.75) is 58.4 Å². The largest absolute Gasteiger partial charge is 0.478 e. The van der Waals surface area contributed by atoms with Gasteiger partial charge < -0.3 is 10.0 Å². The first-order chi connectivity index (χ1) is 10.2. The number of hydrogen-bond donors (Lipinski definition) is 1. The Labute approximate surface area is 125 Å². The molecule has 2 aliphatic carbocycles. The van der Waals surface area contributed by atoms with Crippen LogP contribution in [0.5, 0.6) is 0 Å². The SMILES string of the molecule is CCc1nnc(N(CC2CC2)C2CC2)c(C(=O)O)c1CC. The Kier molecular flexibility index (Phi) is 3.83. The van der Waals surface area contributed by atoms with Crippen molar-refractivity contribution in [2.24, 2.45) is 5.92 Å². The molecule has 5 nitrogen and oxygen atoms in total. The normalized spacial score (nSPS) is 17.8. The van der Waals surface area contributed by atoms with Crippen LogP contribution >= 0.6 is 0 Å². The molecule has 1 N–H and O–H groups in total. The summed E-state index contributed by atoms with van der Waals surface area (Å²) in [5.41, 5.74) is 2.06. The smallest absolute Gasteiger partial charge is 0.339 e. The number of carbonyl (C=O) groups is 1. The van der Waals surface area contributed by atoms with Crippen LogP contribution in [0.25, 0.3) is 0 Å². The van der Waals surface area contributed by atoms with Crippen LogP contribution in [0.1, 0.15) is 61.1 Å². The minimum absolute atomic E-state index is 0.386. The van der Waals surface area contributed by atoms with E-state index in [2.05, 4.69) is 15.1 Å². The van der Waals surface area contributed by atoms with Crippen molar-refractivity contribution in [3.63, 3.8) is 0 Å². The highest BCUT2D eigenvalue weighted by Gasteiger charge is 2.37. The second kappa shape index (κ2) is 5.62. The van der Waals surface area contributed by atoms with E-state index in [1.807, 2.05) is 13.8 Å².